The summed E-state index contributed by atoms with van der Waals surface area (Å²) >= 11 is 1.08. The van der Waals surface area contributed by atoms with Crippen molar-refractivity contribution in [1.29, 1.82) is 0 Å². The number of hydrogen-bond acceptors (Lipinski definition) is 27. The van der Waals surface area contributed by atoms with Crippen LogP contribution in [0.2, 0.25) is 0 Å². The van der Waals surface area contributed by atoms with Crippen LogP contribution in [0.5, 0.6) is 121 Å². The van der Waals surface area contributed by atoms with Crippen molar-refractivity contribution < 1.29 is 126 Å². The van der Waals surface area contributed by atoms with Crippen LogP contribution in [0.1, 0.15) is 5.56 Å². The number of phenolic OH excluding ortho intramolecular Hbond substituents is 21. The highest BCUT2D eigenvalue weighted by atomic mass is 32.1. The van der Waals surface area contributed by atoms with Crippen LogP contribution in [0.25, 0.3) is 129 Å². The summed E-state index contributed by atoms with van der Waals surface area (Å²) in [6, 6.07) is 0. The second-order valence-corrected chi connectivity index (χ2v) is 20.9. The van der Waals surface area contributed by atoms with E-state index in [2.05, 4.69) is 0 Å². The van der Waals surface area contributed by atoms with E-state index in [0.717, 1.165) is 20.1 Å². The summed E-state index contributed by atoms with van der Waals surface area (Å²) in [5.74, 6) is -25.6. The van der Waals surface area contributed by atoms with Gasteiger partial charge in [0.15, 0.2) is 63.2 Å². The largest absolute Gasteiger partial charge is 0.507 e. The van der Waals surface area contributed by atoms with Gasteiger partial charge in [0, 0.05) is 27.6 Å². The molecule has 0 spiro atoms. The number of benzene rings is 8. The van der Waals surface area contributed by atoms with Gasteiger partial charge in [-0.05, 0) is 12.4 Å². The second kappa shape index (κ2) is 14.5. The predicted molar refractivity (Wildman–Crippen MR) is 286 cm³/mol. The fraction of sp³-hybridized carbons (Fsp3) is 0.0204. The van der Waals surface area contributed by atoms with Crippen molar-refractivity contribution in [3.8, 4) is 154 Å². The van der Waals surface area contributed by atoms with E-state index in [1.54, 1.807) is 0 Å². The van der Waals surface area contributed by atoms with Crippen LogP contribution in [0.15, 0.2) is 18.3 Å². The second-order valence-electron chi connectivity index (χ2n) is 18.9. The fourth-order valence-corrected chi connectivity index (χ4v) is 14.0. The van der Waals surface area contributed by atoms with Gasteiger partial charge in [-0.1, -0.05) is 5.46 Å². The molecule has 0 aliphatic heterocycles. The quantitative estimate of drug-likeness (QED) is 0.0338. The highest BCUT2D eigenvalue weighted by Gasteiger charge is 2.40. The molecule has 0 aliphatic rings. The normalized spacial score (nSPS) is 12.5. The smallest absolute Gasteiger partial charge is 0.253 e. The van der Waals surface area contributed by atoms with Crippen molar-refractivity contribution in [1.82, 2.24) is 8.80 Å². The van der Waals surface area contributed by atoms with Gasteiger partial charge in [-0.15, -0.1) is 22.7 Å². The molecule has 8 aromatic carbocycles. The number of aromatic nitrogens is 2. The summed E-state index contributed by atoms with van der Waals surface area (Å²) < 4.78 is 25.6. The molecule has 14 rings (SSSR count). The van der Waals surface area contributed by atoms with Gasteiger partial charge in [-0.2, -0.15) is 0 Å². The number of fused-ring (bicyclic) bond motifs is 4. The van der Waals surface area contributed by atoms with Crippen LogP contribution in [-0.2, 0) is 0 Å². The summed E-state index contributed by atoms with van der Waals surface area (Å²) in [7, 11) is 2.16. The van der Waals surface area contributed by atoms with Crippen LogP contribution in [0.4, 0.5) is 0 Å². The van der Waals surface area contributed by atoms with Crippen LogP contribution in [-0.4, -0.2) is 132 Å². The molecule has 80 heavy (non-hydrogen) atoms. The van der Waals surface area contributed by atoms with Crippen molar-refractivity contribution in [3.05, 3.63) is 5.56 Å². The molecule has 0 unspecified atom stereocenters. The lowest BCUT2D eigenvalue weighted by Gasteiger charge is -2.23. The molecule has 31 heteroatoms. The maximum absolute atomic E-state index is 12.6. The third-order valence-electron chi connectivity index (χ3n) is 15.1. The predicted octanol–water partition coefficient (Wildman–Crippen LogP) is 5.56. The summed E-state index contributed by atoms with van der Waals surface area (Å²) in [6.45, 7) is 1.27. The molecular formula is C49H28B2N2O25S2. The summed E-state index contributed by atoms with van der Waals surface area (Å²) in [4.78, 5) is 0. The van der Waals surface area contributed by atoms with Crippen LogP contribution < -0.4 is 10.9 Å². The fourth-order valence-electron chi connectivity index (χ4n) is 11.4. The monoisotopic (exact) mass is 1130 g/mol. The van der Waals surface area contributed by atoms with Gasteiger partial charge in [-0.25, -0.2) is 0 Å². The molecule has 0 bridgehead atoms. The number of rotatable bonds is 3. The van der Waals surface area contributed by atoms with Gasteiger partial charge in [0.05, 0.1) is 62.7 Å². The van der Waals surface area contributed by atoms with Gasteiger partial charge >= 0.3 is 0 Å². The average molecular weight is 1130 g/mol. The first kappa shape index (κ1) is 47.4. The van der Waals surface area contributed by atoms with E-state index >= 15 is 0 Å². The number of aromatic hydroxyl groups is 21. The minimum absolute atomic E-state index is 0.132. The molecular weight excluding hydrogens is 1100 g/mol. The van der Waals surface area contributed by atoms with Gasteiger partial charge in [-0.3, -0.25) is 27.1 Å². The Morgan fingerprint density at radius 1 is 0.263 bits per heavy atom. The molecule has 14 aromatic rings. The minimum atomic E-state index is -1.49. The lowest BCUT2D eigenvalue weighted by atomic mass is 9.77. The summed E-state index contributed by atoms with van der Waals surface area (Å²) in [5, 5.41) is 240. The lowest BCUT2D eigenvalue weighted by molar-refractivity contribution is 0.0759. The molecule has 6 heterocycles. The van der Waals surface area contributed by atoms with E-state index in [4.69, 9.17) is 18.3 Å². The first-order chi connectivity index (χ1) is 37.8. The maximum Gasteiger partial charge on any atom is 0.253 e. The van der Waals surface area contributed by atoms with Gasteiger partial charge in [0.2, 0.25) is 57.2 Å². The summed E-state index contributed by atoms with van der Waals surface area (Å²) in [6.07, 6.45) is 0. The topological polar surface area (TPSA) is 486 Å². The Balaban J connectivity index is 1.33. The van der Waals surface area contributed by atoms with Crippen LogP contribution >= 0.6 is 22.7 Å². The van der Waals surface area contributed by atoms with Crippen molar-refractivity contribution in [2.75, 3.05) is 0 Å². The van der Waals surface area contributed by atoms with E-state index in [0.29, 0.717) is 22.7 Å². The van der Waals surface area contributed by atoms with Gasteiger partial charge in [0.25, 0.3) is 11.2 Å². The zero-order chi connectivity index (χ0) is 57.1. The molecule has 27 nitrogen and oxygen atoms in total. The maximum atomic E-state index is 12.6. The lowest BCUT2D eigenvalue weighted by Crippen LogP contribution is -2.14. The highest BCUT2D eigenvalue weighted by molar-refractivity contribution is 7.26. The van der Waals surface area contributed by atoms with Crippen molar-refractivity contribution in [2.24, 2.45) is 0 Å². The molecule has 0 amide bonds. The number of nitrogens with zero attached hydrogens (tertiary/aromatic N) is 2. The van der Waals surface area contributed by atoms with E-state index in [1.165, 1.54) is 11.3 Å². The Labute approximate surface area is 444 Å². The first-order valence-corrected chi connectivity index (χ1v) is 24.4. The molecule has 0 radical (unpaired) electrons. The Hall–Kier alpha value is -11.1. The van der Waals surface area contributed by atoms with E-state index < -0.39 is 202 Å². The molecule has 0 aliphatic carbocycles. The Kier molecular flexibility index (Phi) is 8.58. The van der Waals surface area contributed by atoms with Crippen molar-refractivity contribution >= 4 is 145 Å². The van der Waals surface area contributed by atoms with Gasteiger partial charge in [0.1, 0.15) is 49.3 Å². The zero-order valence-corrected chi connectivity index (χ0v) is 41.4. The van der Waals surface area contributed by atoms with E-state index in [1.807, 2.05) is 0 Å². The molecule has 402 valence electrons. The average Bonchev–Trinajstić information content (AvgIpc) is 1.73. The van der Waals surface area contributed by atoms with E-state index in [-0.39, 0.29) is 64.1 Å². The van der Waals surface area contributed by atoms with E-state index in [9.17, 15) is 107 Å². The number of phenols is 21. The third-order valence-corrected chi connectivity index (χ3v) is 17.5. The molecule has 0 saturated carbocycles. The van der Waals surface area contributed by atoms with Gasteiger partial charge < -0.3 is 107 Å². The summed E-state index contributed by atoms with van der Waals surface area (Å²) in [5.41, 5.74) is -10.8. The Morgan fingerprint density at radius 3 is 1.18 bits per heavy atom. The number of hydrogen-bond donors (Lipinski definition) is 21. The molecule has 0 atom stereocenters. The highest BCUT2D eigenvalue weighted by Crippen LogP contribution is 2.65. The zero-order valence-electron chi connectivity index (χ0n) is 39.7. The van der Waals surface area contributed by atoms with Crippen LogP contribution in [0, 0.1) is 6.92 Å². The molecule has 0 saturated heterocycles. The SMILES string of the molecule is Bc1c(O)c(O)c(O)c(O)c1-c1c(O)c(O)c(O)c(-c2c(B)c(-c3c(O)c(O)c(O)c(O)c3O)c3ooc4c5ooc6c(O)c(C)c(O)c7c8c(O)c(O)c(O)c9sc(c%10c%11c(O)c(O)c(O)c%12sc2c3n(c%12%11)c4%10)c5n(c67)c98)c1O. The molecule has 6 aromatic heterocycles. The van der Waals surface area contributed by atoms with Crippen LogP contribution in [0.3, 0.4) is 0 Å². The standard InChI is InChI=1S/C49H28B2N2O25S2/c1-2-21(54)6-7-17-48(40(73)36(69)25(7)58)80-47-9-8-18-49(41(74)37(70)26(8)59)79-46-5(12-23(56)10(27(60)32(65)30(12)63)3-14(51)31(64)38(71)33(66)24(3)57)13(50)4(11-28(61)34(67)39(72)35(68)29(11)62)42-19(46)53(18)16(9)44(77-75-42)45-20(47)52(17)15(6)43(22(2)55)76-78-45/h54-74H,50-51H2,1H3. The molecule has 0 fully saturated rings. The third kappa shape index (κ3) is 4.93. The van der Waals surface area contributed by atoms with Crippen molar-refractivity contribution in [3.63, 3.8) is 0 Å². The molecule has 21 N–H and O–H groups in total. The first-order valence-electron chi connectivity index (χ1n) is 22.8. The Morgan fingerprint density at radius 2 is 0.625 bits per heavy atom. The minimum Gasteiger partial charge on any atom is -0.507 e. The van der Waals surface area contributed by atoms with Crippen molar-refractivity contribution in [2.45, 2.75) is 6.92 Å². The Bertz CT molecular complexity index is 5320.